The van der Waals surface area contributed by atoms with Crippen LogP contribution < -0.4 is 5.73 Å². The molecule has 2 rings (SSSR count). The molecule has 0 spiro atoms. The normalized spacial score (nSPS) is 23.1. The number of carbonyl (C=O) groups excluding carboxylic acids is 1. The van der Waals surface area contributed by atoms with E-state index in [0.29, 0.717) is 18.5 Å². The number of rotatable bonds is 3. The van der Waals surface area contributed by atoms with Gasteiger partial charge in [-0.25, -0.2) is 0 Å². The highest BCUT2D eigenvalue weighted by Crippen LogP contribution is 2.28. The molecule has 2 unspecified atom stereocenters. The Morgan fingerprint density at radius 1 is 1.32 bits per heavy atom. The maximum absolute atomic E-state index is 12.5. The molecule has 0 heterocycles. The molecule has 0 radical (unpaired) electrons. The van der Waals surface area contributed by atoms with Crippen LogP contribution in [-0.2, 0) is 0 Å². The molecule has 0 aliphatic heterocycles. The molecule has 19 heavy (non-hydrogen) atoms. The first-order chi connectivity index (χ1) is 9.13. The molecular weight excluding hydrogens is 351 g/mol. The molecule has 104 valence electrons. The van der Waals surface area contributed by atoms with E-state index in [2.05, 4.69) is 22.6 Å². The summed E-state index contributed by atoms with van der Waals surface area (Å²) in [5, 5.41) is 0. The van der Waals surface area contributed by atoms with Gasteiger partial charge in [0, 0.05) is 22.2 Å². The lowest BCUT2D eigenvalue weighted by molar-refractivity contribution is 0.0620. The highest BCUT2D eigenvalue weighted by atomic mass is 127. The monoisotopic (exact) mass is 372 g/mol. The number of amides is 1. The van der Waals surface area contributed by atoms with Gasteiger partial charge in [0.25, 0.3) is 5.91 Å². The van der Waals surface area contributed by atoms with E-state index in [1.165, 1.54) is 12.8 Å². The Morgan fingerprint density at radius 3 is 2.58 bits per heavy atom. The molecule has 4 heteroatoms. The van der Waals surface area contributed by atoms with Crippen molar-refractivity contribution in [2.75, 3.05) is 13.6 Å². The first-order valence-electron chi connectivity index (χ1n) is 6.86. The number of carbonyl (C=O) groups is 1. The molecule has 1 aromatic rings. The Labute approximate surface area is 128 Å². The van der Waals surface area contributed by atoms with E-state index < -0.39 is 0 Å². The average Bonchev–Trinajstić information content (AvgIpc) is 2.46. The van der Waals surface area contributed by atoms with Crippen molar-refractivity contribution in [2.45, 2.75) is 31.7 Å². The Hall–Kier alpha value is -0.620. The van der Waals surface area contributed by atoms with E-state index in [9.17, 15) is 4.79 Å². The predicted molar refractivity (Wildman–Crippen MR) is 86.1 cm³/mol. The third kappa shape index (κ3) is 3.48. The van der Waals surface area contributed by atoms with Crippen LogP contribution in [0.5, 0.6) is 0 Å². The van der Waals surface area contributed by atoms with Gasteiger partial charge in [0.2, 0.25) is 0 Å². The molecule has 1 fully saturated rings. The second-order valence-corrected chi connectivity index (χ2v) is 6.52. The maximum atomic E-state index is 12.5. The van der Waals surface area contributed by atoms with E-state index in [0.717, 1.165) is 22.0 Å². The molecule has 0 aromatic heterocycles. The molecule has 0 saturated heterocycles. The van der Waals surface area contributed by atoms with Crippen molar-refractivity contribution in [3.63, 3.8) is 0 Å². The summed E-state index contributed by atoms with van der Waals surface area (Å²) >= 11 is 2.25. The van der Waals surface area contributed by atoms with Crippen LogP contribution in [0.1, 0.15) is 36.0 Å². The van der Waals surface area contributed by atoms with Crippen LogP contribution in [0, 0.1) is 9.49 Å². The van der Waals surface area contributed by atoms with Crippen molar-refractivity contribution >= 4 is 28.5 Å². The van der Waals surface area contributed by atoms with Crippen LogP contribution in [0.2, 0.25) is 0 Å². The number of benzene rings is 1. The SMILES string of the molecule is CN(C(=O)c1ccc(I)cc1)C1CCCCC1CN. The summed E-state index contributed by atoms with van der Waals surface area (Å²) in [6.07, 6.45) is 4.66. The summed E-state index contributed by atoms with van der Waals surface area (Å²) in [7, 11) is 1.92. The van der Waals surface area contributed by atoms with Gasteiger partial charge in [-0.3, -0.25) is 4.79 Å². The second kappa shape index (κ2) is 6.70. The molecule has 3 nitrogen and oxygen atoms in total. The van der Waals surface area contributed by atoms with Crippen molar-refractivity contribution in [3.05, 3.63) is 33.4 Å². The highest BCUT2D eigenvalue weighted by molar-refractivity contribution is 14.1. The molecule has 1 aliphatic carbocycles. The van der Waals surface area contributed by atoms with Gasteiger partial charge in [-0.05, 0) is 72.2 Å². The van der Waals surface area contributed by atoms with Crippen LogP contribution in [-0.4, -0.2) is 30.4 Å². The third-order valence-corrected chi connectivity index (χ3v) is 4.80. The quantitative estimate of drug-likeness (QED) is 0.830. The van der Waals surface area contributed by atoms with Gasteiger partial charge >= 0.3 is 0 Å². The van der Waals surface area contributed by atoms with Gasteiger partial charge in [-0.1, -0.05) is 12.8 Å². The minimum Gasteiger partial charge on any atom is -0.338 e. The molecular formula is C15H21IN2O. The molecule has 2 atom stereocenters. The minimum atomic E-state index is 0.113. The van der Waals surface area contributed by atoms with Crippen LogP contribution in [0.15, 0.2) is 24.3 Å². The van der Waals surface area contributed by atoms with Crippen molar-refractivity contribution in [1.29, 1.82) is 0 Å². The van der Waals surface area contributed by atoms with E-state index in [1.54, 1.807) is 0 Å². The average molecular weight is 372 g/mol. The van der Waals surface area contributed by atoms with Crippen LogP contribution >= 0.6 is 22.6 Å². The van der Waals surface area contributed by atoms with Gasteiger partial charge in [0.15, 0.2) is 0 Å². The van der Waals surface area contributed by atoms with Gasteiger partial charge in [-0.15, -0.1) is 0 Å². The Morgan fingerprint density at radius 2 is 1.95 bits per heavy atom. The standard InChI is InChI=1S/C15H21IN2O/c1-18(14-5-3-2-4-12(14)10-17)15(19)11-6-8-13(16)9-7-11/h6-9,12,14H,2-5,10,17H2,1H3. The number of nitrogens with two attached hydrogens (primary N) is 1. The van der Waals surface area contributed by atoms with Crippen molar-refractivity contribution < 1.29 is 4.79 Å². The first-order valence-corrected chi connectivity index (χ1v) is 7.94. The zero-order valence-corrected chi connectivity index (χ0v) is 13.5. The summed E-state index contributed by atoms with van der Waals surface area (Å²) < 4.78 is 1.15. The van der Waals surface area contributed by atoms with E-state index >= 15 is 0 Å². The molecule has 1 aromatic carbocycles. The van der Waals surface area contributed by atoms with Crippen LogP contribution in [0.3, 0.4) is 0 Å². The zero-order valence-electron chi connectivity index (χ0n) is 11.3. The molecule has 2 N–H and O–H groups in total. The first kappa shape index (κ1) is 14.8. The summed E-state index contributed by atoms with van der Waals surface area (Å²) in [5.41, 5.74) is 6.62. The Bertz CT molecular complexity index is 432. The summed E-state index contributed by atoms with van der Waals surface area (Å²) in [5.74, 6) is 0.563. The Balaban J connectivity index is 2.11. The minimum absolute atomic E-state index is 0.113. The smallest absolute Gasteiger partial charge is 0.253 e. The fraction of sp³-hybridized carbons (Fsp3) is 0.533. The third-order valence-electron chi connectivity index (χ3n) is 4.08. The summed E-state index contributed by atoms with van der Waals surface area (Å²) in [6, 6.07) is 8.05. The van der Waals surface area contributed by atoms with Crippen molar-refractivity contribution in [3.8, 4) is 0 Å². The lowest BCUT2D eigenvalue weighted by atomic mass is 9.83. The lowest BCUT2D eigenvalue weighted by Gasteiger charge is -2.37. The molecule has 0 bridgehead atoms. The summed E-state index contributed by atoms with van der Waals surface area (Å²) in [4.78, 5) is 14.4. The fourth-order valence-corrected chi connectivity index (χ4v) is 3.28. The van der Waals surface area contributed by atoms with Crippen molar-refractivity contribution in [2.24, 2.45) is 11.7 Å². The Kier molecular flexibility index (Phi) is 5.21. The summed E-state index contributed by atoms with van der Waals surface area (Å²) in [6.45, 7) is 0.676. The van der Waals surface area contributed by atoms with Gasteiger partial charge < -0.3 is 10.6 Å². The fourth-order valence-electron chi connectivity index (χ4n) is 2.92. The lowest BCUT2D eigenvalue weighted by Crippen LogP contribution is -2.45. The van der Waals surface area contributed by atoms with Crippen LogP contribution in [0.4, 0.5) is 0 Å². The number of nitrogens with zero attached hydrogens (tertiary/aromatic N) is 1. The van der Waals surface area contributed by atoms with E-state index in [1.807, 2.05) is 36.2 Å². The second-order valence-electron chi connectivity index (χ2n) is 5.27. The number of hydrogen-bond donors (Lipinski definition) is 1. The van der Waals surface area contributed by atoms with Gasteiger partial charge in [-0.2, -0.15) is 0 Å². The highest BCUT2D eigenvalue weighted by Gasteiger charge is 2.30. The topological polar surface area (TPSA) is 46.3 Å². The molecule has 1 amide bonds. The van der Waals surface area contributed by atoms with Gasteiger partial charge in [0.05, 0.1) is 0 Å². The van der Waals surface area contributed by atoms with Crippen molar-refractivity contribution in [1.82, 2.24) is 4.90 Å². The van der Waals surface area contributed by atoms with E-state index in [4.69, 9.17) is 5.73 Å². The predicted octanol–water partition coefficient (Wildman–Crippen LogP) is 2.88. The molecule has 1 saturated carbocycles. The van der Waals surface area contributed by atoms with Crippen LogP contribution in [0.25, 0.3) is 0 Å². The molecule has 1 aliphatic rings. The number of hydrogen-bond acceptors (Lipinski definition) is 2. The zero-order chi connectivity index (χ0) is 13.8. The number of halogens is 1. The maximum Gasteiger partial charge on any atom is 0.253 e. The van der Waals surface area contributed by atoms with Gasteiger partial charge in [0.1, 0.15) is 0 Å². The largest absolute Gasteiger partial charge is 0.338 e. The van der Waals surface area contributed by atoms with E-state index in [-0.39, 0.29) is 5.91 Å².